The molecule has 1 N–H and O–H groups in total. The molecule has 1 aliphatic heterocycles. The van der Waals surface area contributed by atoms with Crippen molar-refractivity contribution < 1.29 is 19.4 Å². The number of benzene rings is 2. The first-order valence-corrected chi connectivity index (χ1v) is 9.33. The summed E-state index contributed by atoms with van der Waals surface area (Å²) in [5, 5.41) is 10.2. The van der Waals surface area contributed by atoms with Gasteiger partial charge in [0, 0.05) is 31.8 Å². The molecule has 1 heterocycles. The zero-order chi connectivity index (χ0) is 19.0. The topological polar surface area (TPSA) is 66.8 Å². The Hall–Kier alpha value is -2.66. The summed E-state index contributed by atoms with van der Waals surface area (Å²) in [6.07, 6.45) is 0.126. The maximum Gasteiger partial charge on any atom is 0.409 e. The van der Waals surface area contributed by atoms with Gasteiger partial charge in [-0.2, -0.15) is 0 Å². The van der Waals surface area contributed by atoms with Crippen LogP contribution in [-0.4, -0.2) is 47.2 Å². The first-order valence-electron chi connectivity index (χ1n) is 9.33. The fourth-order valence-electron chi connectivity index (χ4n) is 4.10. The van der Waals surface area contributed by atoms with Crippen LogP contribution in [0.4, 0.5) is 4.79 Å². The first-order chi connectivity index (χ1) is 13.0. The molecule has 2 aliphatic rings. The summed E-state index contributed by atoms with van der Waals surface area (Å²) < 4.78 is 5.63. The molecule has 1 aliphatic carbocycles. The molecule has 1 fully saturated rings. The van der Waals surface area contributed by atoms with Crippen molar-refractivity contribution in [1.29, 1.82) is 0 Å². The van der Waals surface area contributed by atoms with Crippen molar-refractivity contribution in [3.8, 4) is 11.1 Å². The number of aliphatic hydroxyl groups is 1. The van der Waals surface area contributed by atoms with E-state index in [1.165, 1.54) is 29.2 Å². The van der Waals surface area contributed by atoms with E-state index in [4.69, 9.17) is 4.74 Å². The summed E-state index contributed by atoms with van der Waals surface area (Å²) in [5.74, 6) is -0.213. The van der Waals surface area contributed by atoms with E-state index in [1.807, 2.05) is 24.3 Å². The molecule has 0 spiro atoms. The van der Waals surface area contributed by atoms with Crippen molar-refractivity contribution in [3.05, 3.63) is 59.7 Å². The summed E-state index contributed by atoms with van der Waals surface area (Å²) >= 11 is 0. The molecular formula is C22H23NO4. The van der Waals surface area contributed by atoms with Crippen LogP contribution >= 0.6 is 0 Å². The van der Waals surface area contributed by atoms with E-state index < -0.39 is 5.60 Å². The van der Waals surface area contributed by atoms with Crippen molar-refractivity contribution in [2.75, 3.05) is 19.7 Å². The van der Waals surface area contributed by atoms with E-state index in [0.717, 1.165) is 0 Å². The van der Waals surface area contributed by atoms with Gasteiger partial charge in [-0.3, -0.25) is 4.79 Å². The largest absolute Gasteiger partial charge is 0.448 e. The quantitative estimate of drug-likeness (QED) is 0.906. The molecule has 0 saturated carbocycles. The standard InChI is InChI=1S/C22H23NO4/c1-15(24)22(26)10-12-23(13-11-22)21(25)27-14-20-18-8-4-2-6-16(18)17-7-3-5-9-19(17)20/h2-9,20,26H,10-14H2,1H3. The van der Waals surface area contributed by atoms with Crippen LogP contribution in [0.3, 0.4) is 0 Å². The number of carbonyl (C=O) groups excluding carboxylic acids is 2. The fourth-order valence-corrected chi connectivity index (χ4v) is 4.10. The molecular weight excluding hydrogens is 342 g/mol. The highest BCUT2D eigenvalue weighted by Gasteiger charge is 2.38. The highest BCUT2D eigenvalue weighted by Crippen LogP contribution is 2.44. The molecule has 1 amide bonds. The number of amides is 1. The Morgan fingerprint density at radius 1 is 1.04 bits per heavy atom. The van der Waals surface area contributed by atoms with Crippen LogP contribution in [0, 0.1) is 0 Å². The minimum Gasteiger partial charge on any atom is -0.448 e. The number of carbonyl (C=O) groups is 2. The van der Waals surface area contributed by atoms with Crippen molar-refractivity contribution in [1.82, 2.24) is 4.90 Å². The summed E-state index contributed by atoms with van der Waals surface area (Å²) in [5.41, 5.74) is 3.43. The number of hydrogen-bond donors (Lipinski definition) is 1. The number of nitrogens with zero attached hydrogens (tertiary/aromatic N) is 1. The molecule has 0 atom stereocenters. The lowest BCUT2D eigenvalue weighted by molar-refractivity contribution is -0.139. The number of fused-ring (bicyclic) bond motifs is 3. The van der Waals surface area contributed by atoms with Gasteiger partial charge in [-0.1, -0.05) is 48.5 Å². The van der Waals surface area contributed by atoms with Gasteiger partial charge in [-0.25, -0.2) is 4.79 Å². The SMILES string of the molecule is CC(=O)C1(O)CCN(C(=O)OCC2c3ccccc3-c3ccccc32)CC1. The number of likely N-dealkylation sites (tertiary alicyclic amines) is 1. The number of ether oxygens (including phenoxy) is 1. The van der Waals surface area contributed by atoms with Gasteiger partial charge >= 0.3 is 6.09 Å². The Labute approximate surface area is 158 Å². The smallest absolute Gasteiger partial charge is 0.409 e. The molecule has 5 nitrogen and oxygen atoms in total. The lowest BCUT2D eigenvalue weighted by Gasteiger charge is -2.36. The molecule has 5 heteroatoms. The van der Waals surface area contributed by atoms with E-state index in [0.29, 0.717) is 13.1 Å². The van der Waals surface area contributed by atoms with Crippen LogP contribution in [0.25, 0.3) is 11.1 Å². The maximum atomic E-state index is 12.5. The Morgan fingerprint density at radius 3 is 2.07 bits per heavy atom. The van der Waals surface area contributed by atoms with Crippen molar-refractivity contribution >= 4 is 11.9 Å². The van der Waals surface area contributed by atoms with Gasteiger partial charge in [-0.05, 0) is 29.2 Å². The molecule has 0 aromatic heterocycles. The lowest BCUT2D eigenvalue weighted by Crippen LogP contribution is -2.50. The molecule has 140 valence electrons. The van der Waals surface area contributed by atoms with Crippen molar-refractivity contribution in [2.45, 2.75) is 31.3 Å². The fraction of sp³-hybridized carbons (Fsp3) is 0.364. The zero-order valence-electron chi connectivity index (χ0n) is 15.4. The summed E-state index contributed by atoms with van der Waals surface area (Å²) in [6, 6.07) is 16.4. The van der Waals surface area contributed by atoms with Crippen LogP contribution in [0.5, 0.6) is 0 Å². The summed E-state index contributed by atoms with van der Waals surface area (Å²) in [4.78, 5) is 25.6. The first kappa shape index (κ1) is 17.7. The molecule has 4 rings (SSSR count). The van der Waals surface area contributed by atoms with E-state index in [9.17, 15) is 14.7 Å². The molecule has 2 aromatic rings. The predicted molar refractivity (Wildman–Crippen MR) is 102 cm³/mol. The van der Waals surface area contributed by atoms with Gasteiger partial charge in [0.2, 0.25) is 0 Å². The minimum atomic E-state index is -1.31. The number of piperidine rings is 1. The average molecular weight is 365 g/mol. The Morgan fingerprint density at radius 2 is 1.56 bits per heavy atom. The average Bonchev–Trinajstić information content (AvgIpc) is 3.00. The number of Topliss-reactive ketones (excluding diaryl/α,β-unsaturated/α-hetero) is 1. The number of ketones is 1. The number of rotatable bonds is 3. The second-order valence-electron chi connectivity index (χ2n) is 7.38. The summed E-state index contributed by atoms with van der Waals surface area (Å²) in [7, 11) is 0. The van der Waals surface area contributed by atoms with Gasteiger partial charge < -0.3 is 14.7 Å². The van der Waals surface area contributed by atoms with E-state index >= 15 is 0 Å². The van der Waals surface area contributed by atoms with Crippen molar-refractivity contribution in [3.63, 3.8) is 0 Å². The van der Waals surface area contributed by atoms with Crippen LogP contribution in [0.2, 0.25) is 0 Å². The zero-order valence-corrected chi connectivity index (χ0v) is 15.4. The van der Waals surface area contributed by atoms with Crippen LogP contribution in [-0.2, 0) is 9.53 Å². The minimum absolute atomic E-state index is 0.0280. The molecule has 27 heavy (non-hydrogen) atoms. The normalized spacial score (nSPS) is 17.9. The Balaban J connectivity index is 1.44. The maximum absolute atomic E-state index is 12.5. The molecule has 2 aromatic carbocycles. The van der Waals surface area contributed by atoms with E-state index in [-0.39, 0.29) is 37.2 Å². The van der Waals surface area contributed by atoms with Crippen LogP contribution < -0.4 is 0 Å². The van der Waals surface area contributed by atoms with Crippen LogP contribution in [0.1, 0.15) is 36.8 Å². The highest BCUT2D eigenvalue weighted by molar-refractivity contribution is 5.85. The monoisotopic (exact) mass is 365 g/mol. The van der Waals surface area contributed by atoms with E-state index in [1.54, 1.807) is 4.90 Å². The van der Waals surface area contributed by atoms with Gasteiger partial charge in [0.1, 0.15) is 12.2 Å². The van der Waals surface area contributed by atoms with Gasteiger partial charge in [0.25, 0.3) is 0 Å². The van der Waals surface area contributed by atoms with Crippen molar-refractivity contribution in [2.24, 2.45) is 0 Å². The molecule has 0 unspecified atom stereocenters. The van der Waals surface area contributed by atoms with Crippen LogP contribution in [0.15, 0.2) is 48.5 Å². The molecule has 0 radical (unpaired) electrons. The highest BCUT2D eigenvalue weighted by atomic mass is 16.6. The third-order valence-corrected chi connectivity index (χ3v) is 5.84. The Kier molecular flexibility index (Phi) is 4.48. The lowest BCUT2D eigenvalue weighted by atomic mass is 9.88. The number of hydrogen-bond acceptors (Lipinski definition) is 4. The third kappa shape index (κ3) is 3.12. The summed E-state index contributed by atoms with van der Waals surface area (Å²) in [6.45, 7) is 2.32. The second kappa shape index (κ2) is 6.82. The predicted octanol–water partition coefficient (Wildman–Crippen LogP) is 3.35. The molecule has 0 bridgehead atoms. The van der Waals surface area contributed by atoms with E-state index in [2.05, 4.69) is 24.3 Å². The van der Waals surface area contributed by atoms with Gasteiger partial charge in [0.05, 0.1) is 0 Å². The molecule has 1 saturated heterocycles. The second-order valence-corrected chi connectivity index (χ2v) is 7.38. The third-order valence-electron chi connectivity index (χ3n) is 5.84. The van der Waals surface area contributed by atoms with Gasteiger partial charge in [0.15, 0.2) is 5.78 Å². The van der Waals surface area contributed by atoms with Gasteiger partial charge in [-0.15, -0.1) is 0 Å². The Bertz CT molecular complexity index is 838.